The van der Waals surface area contributed by atoms with Gasteiger partial charge in [-0.05, 0) is 73.3 Å². The van der Waals surface area contributed by atoms with Gasteiger partial charge in [0.25, 0.3) is 0 Å². The number of allylic oxidation sites excluding steroid dienone is 1. The van der Waals surface area contributed by atoms with E-state index in [1.54, 1.807) is 7.11 Å². The van der Waals surface area contributed by atoms with Crippen LogP contribution in [0.5, 0.6) is 5.75 Å². The molecule has 0 spiro atoms. The monoisotopic (exact) mass is 395 g/mol. The number of Topliss-reactive ketones (excluding diaryl/α,β-unsaturated/α-hetero) is 1. The maximum absolute atomic E-state index is 12.7. The van der Waals surface area contributed by atoms with E-state index in [1.807, 2.05) is 12.3 Å². The molecular weight excluding hydrogens is 358 g/mol. The van der Waals surface area contributed by atoms with Crippen molar-refractivity contribution in [2.75, 3.05) is 7.11 Å². The number of methoxy groups -OCH3 is 1. The van der Waals surface area contributed by atoms with Crippen LogP contribution in [-0.4, -0.2) is 17.9 Å². The highest BCUT2D eigenvalue weighted by Crippen LogP contribution is 2.40. The summed E-state index contributed by atoms with van der Waals surface area (Å²) in [6.45, 7) is 2.05. The largest absolute Gasteiger partial charge is 0.496 e. The molecule has 1 fully saturated rings. The summed E-state index contributed by atoms with van der Waals surface area (Å²) in [5.41, 5.74) is 6.27. The second-order valence-corrected chi connectivity index (χ2v) is 8.62. The van der Waals surface area contributed by atoms with Crippen molar-refractivity contribution in [3.63, 3.8) is 0 Å². The Morgan fingerprint density at radius 3 is 3.03 bits per heavy atom. The van der Waals surface area contributed by atoms with Gasteiger partial charge in [0.05, 0.1) is 12.8 Å². The van der Waals surface area contributed by atoms with E-state index < -0.39 is 0 Å². The molecule has 29 heavy (non-hydrogen) atoms. The molecule has 2 atom stereocenters. The summed E-state index contributed by atoms with van der Waals surface area (Å²) in [7, 11) is 1.71. The van der Waals surface area contributed by atoms with E-state index in [9.17, 15) is 4.79 Å². The molecule has 4 rings (SSSR count). The molecule has 1 saturated carbocycles. The molecule has 0 N–H and O–H groups in total. The molecule has 1 aromatic heterocycles. The van der Waals surface area contributed by atoms with Crippen molar-refractivity contribution < 1.29 is 13.8 Å². The van der Waals surface area contributed by atoms with Gasteiger partial charge in [0.15, 0.2) is 0 Å². The number of aryl methyl sites for hydroxylation is 2. The number of aromatic nitrogens is 1. The number of carbonyl (C=O) groups is 1. The predicted molar refractivity (Wildman–Crippen MR) is 124 cm³/mol. The summed E-state index contributed by atoms with van der Waals surface area (Å²) >= 11 is 0. The number of carbonyl (C=O) groups excluding carboxylic acids is 1. The summed E-state index contributed by atoms with van der Waals surface area (Å²) in [4.78, 5) is 17.5. The van der Waals surface area contributed by atoms with Gasteiger partial charge in [0, 0.05) is 29.2 Å². The third kappa shape index (κ3) is 4.44. The highest BCUT2D eigenvalue weighted by Gasteiger charge is 2.28. The zero-order valence-electron chi connectivity index (χ0n) is 17.6. The smallest absolute Gasteiger partial charge is 0.133 e. The quantitative estimate of drug-likeness (QED) is 0.532. The van der Waals surface area contributed by atoms with Crippen molar-refractivity contribution >= 4 is 11.9 Å². The van der Waals surface area contributed by atoms with Crippen LogP contribution in [0.2, 0.25) is 0 Å². The molecule has 3 heteroatoms. The van der Waals surface area contributed by atoms with Crippen LogP contribution in [0.15, 0.2) is 36.5 Å². The van der Waals surface area contributed by atoms with E-state index in [-0.39, 0.29) is 4.28 Å². The first kappa shape index (κ1) is 19.9. The highest BCUT2D eigenvalue weighted by molar-refractivity contribution is 5.79. The Kier molecular flexibility index (Phi) is 6.13. The predicted octanol–water partition coefficient (Wildman–Crippen LogP) is 6.57. The molecule has 2 aliphatic rings. The van der Waals surface area contributed by atoms with Gasteiger partial charge in [-0.1, -0.05) is 36.8 Å². The maximum atomic E-state index is 12.7. The fraction of sp³-hybridized carbons (Fsp3) is 0.462. The molecule has 0 bridgehead atoms. The van der Waals surface area contributed by atoms with Crippen molar-refractivity contribution in [1.82, 2.24) is 4.98 Å². The van der Waals surface area contributed by atoms with Crippen molar-refractivity contribution in [2.24, 2.45) is 5.92 Å². The number of pyridine rings is 1. The van der Waals surface area contributed by atoms with Crippen molar-refractivity contribution in [3.8, 4) is 5.75 Å². The summed E-state index contributed by atoms with van der Waals surface area (Å²) < 4.78 is 5.53. The summed E-state index contributed by atoms with van der Waals surface area (Å²) in [6, 6.07) is 8.31. The molecule has 2 aliphatic carbocycles. The van der Waals surface area contributed by atoms with E-state index in [4.69, 9.17) is 9.72 Å². The first-order valence-corrected chi connectivity index (χ1v) is 10.9. The first-order valence-electron chi connectivity index (χ1n) is 10.9. The van der Waals surface area contributed by atoms with E-state index in [0.29, 0.717) is 30.5 Å². The number of fused-ring (bicyclic) bond motifs is 1. The zero-order chi connectivity index (χ0) is 20.2. The van der Waals surface area contributed by atoms with Crippen LogP contribution < -0.4 is 4.74 Å². The van der Waals surface area contributed by atoms with Gasteiger partial charge in [-0.25, -0.2) is 0 Å². The van der Waals surface area contributed by atoms with Crippen molar-refractivity contribution in [2.45, 2.75) is 64.2 Å². The number of rotatable bonds is 7. The Labute approximate surface area is 178 Å². The lowest BCUT2D eigenvalue weighted by Gasteiger charge is -2.29. The average molecular weight is 396 g/mol. The second kappa shape index (κ2) is 8.94. The lowest BCUT2D eigenvalue weighted by Crippen LogP contribution is -2.19. The van der Waals surface area contributed by atoms with E-state index in [0.717, 1.165) is 36.1 Å². The Balaban J connectivity index is 0.00000171. The Hall–Kier alpha value is -2.42. The minimum absolute atomic E-state index is 0. The third-order valence-electron chi connectivity index (χ3n) is 6.59. The van der Waals surface area contributed by atoms with Crippen LogP contribution in [0.25, 0.3) is 6.08 Å². The van der Waals surface area contributed by atoms with Gasteiger partial charge in [-0.3, -0.25) is 9.78 Å². The summed E-state index contributed by atoms with van der Waals surface area (Å²) in [5, 5.41) is 0. The minimum Gasteiger partial charge on any atom is -0.496 e. The number of nitrogens with zero attached hydrogens (tertiary/aromatic N) is 1. The van der Waals surface area contributed by atoms with Crippen LogP contribution in [0.4, 0.5) is 0 Å². The average Bonchev–Trinajstić information content (AvgIpc) is 3.21. The van der Waals surface area contributed by atoms with Crippen molar-refractivity contribution in [3.05, 3.63) is 64.5 Å². The number of hydrogen-bond acceptors (Lipinski definition) is 3. The van der Waals surface area contributed by atoms with Gasteiger partial charge in [0.1, 0.15) is 11.5 Å². The topological polar surface area (TPSA) is 39.2 Å². The Morgan fingerprint density at radius 1 is 1.28 bits per heavy atom. The number of para-hydroxylation sites is 1. The second-order valence-electron chi connectivity index (χ2n) is 8.62. The Morgan fingerprint density at radius 2 is 2.17 bits per heavy atom. The summed E-state index contributed by atoms with van der Waals surface area (Å²) in [6.07, 6.45) is 14.2. The normalized spacial score (nSPS) is 20.5. The summed E-state index contributed by atoms with van der Waals surface area (Å²) in [5.74, 6) is 2.29. The fourth-order valence-electron chi connectivity index (χ4n) is 5.16. The van der Waals surface area contributed by atoms with Gasteiger partial charge >= 0.3 is 0 Å². The molecule has 0 saturated heterocycles. The molecule has 0 amide bonds. The number of ether oxygens (including phenoxy) is 1. The van der Waals surface area contributed by atoms with Gasteiger partial charge in [0.2, 0.25) is 0 Å². The maximum Gasteiger partial charge on any atom is 0.133 e. The lowest BCUT2D eigenvalue weighted by molar-refractivity contribution is -0.120. The van der Waals surface area contributed by atoms with E-state index in [2.05, 4.69) is 37.3 Å². The molecule has 0 aliphatic heterocycles. The Bertz CT molecular complexity index is 929. The first-order chi connectivity index (χ1) is 14.2. The number of hydrogen-bond donors (Lipinski definition) is 0. The number of ketones is 1. The molecule has 3 nitrogen and oxygen atoms in total. The highest BCUT2D eigenvalue weighted by atomic mass is 16.5. The third-order valence-corrected chi connectivity index (χ3v) is 6.59. The lowest BCUT2D eigenvalue weighted by atomic mass is 9.76. The zero-order valence-corrected chi connectivity index (χ0v) is 17.6. The molecule has 158 valence electrons. The van der Waals surface area contributed by atoms with Gasteiger partial charge < -0.3 is 4.74 Å². The van der Waals surface area contributed by atoms with E-state index in [1.165, 1.54) is 36.1 Å². The fourth-order valence-corrected chi connectivity index (χ4v) is 5.16. The SMILES string of the molecule is COc1c(C)cccc1CCC(=O)CC1CCCC(c2nccc3c2C=CC3)C1.[HH].[HH].[HH]. The van der Waals surface area contributed by atoms with Crippen LogP contribution in [-0.2, 0) is 17.6 Å². The standard InChI is InChI=1S/C26H31NO2.3H2/c1-18-6-3-9-21(26(18)29-2)12-13-23(28)17-19-7-4-10-22(16-19)25-24-11-5-8-20(24)14-15-27-25;;;/h3,5-6,9,11,14-15,19,22H,4,7-8,10,12-13,16-17H2,1-2H3;3*1H. The van der Waals surface area contributed by atoms with E-state index >= 15 is 0 Å². The van der Waals surface area contributed by atoms with Crippen LogP contribution in [0.3, 0.4) is 0 Å². The van der Waals surface area contributed by atoms with Crippen molar-refractivity contribution in [1.29, 1.82) is 0 Å². The van der Waals surface area contributed by atoms with Crippen LogP contribution in [0, 0.1) is 12.8 Å². The van der Waals surface area contributed by atoms with Crippen LogP contribution in [0.1, 0.15) is 76.7 Å². The molecule has 2 aromatic rings. The minimum atomic E-state index is 0. The van der Waals surface area contributed by atoms with Gasteiger partial charge in [-0.2, -0.15) is 0 Å². The molecule has 1 heterocycles. The van der Waals surface area contributed by atoms with Crippen LogP contribution >= 0.6 is 0 Å². The van der Waals surface area contributed by atoms with Gasteiger partial charge in [-0.15, -0.1) is 0 Å². The molecular formula is C26H37NO2. The molecule has 2 unspecified atom stereocenters. The molecule has 0 radical (unpaired) electrons. The number of benzene rings is 1. The molecule has 1 aromatic carbocycles.